The quantitative estimate of drug-likeness (QED) is 0.525. The molecule has 1 atom stereocenters. The van der Waals surface area contributed by atoms with Gasteiger partial charge in [0.2, 0.25) is 0 Å². The molecule has 1 aromatic carbocycles. The highest BCUT2D eigenvalue weighted by atomic mass is 32.2. The maximum Gasteiger partial charge on any atom is 0.304 e. The highest BCUT2D eigenvalue weighted by Gasteiger charge is 2.49. The van der Waals surface area contributed by atoms with Gasteiger partial charge in [-0.05, 0) is 36.3 Å². The van der Waals surface area contributed by atoms with E-state index >= 15 is 0 Å². The second-order valence-corrected chi connectivity index (χ2v) is 9.32. The van der Waals surface area contributed by atoms with Crippen LogP contribution in [0.2, 0.25) is 0 Å². The third-order valence-corrected chi connectivity index (χ3v) is 7.35. The van der Waals surface area contributed by atoms with Gasteiger partial charge in [0.1, 0.15) is 29.2 Å². The Morgan fingerprint density at radius 3 is 2.59 bits per heavy atom. The summed E-state index contributed by atoms with van der Waals surface area (Å²) in [6.45, 7) is 0.247. The molecule has 0 N–H and O–H groups in total. The van der Waals surface area contributed by atoms with Crippen molar-refractivity contribution in [1.82, 2.24) is 14.5 Å². The third kappa shape index (κ3) is 3.50. The summed E-state index contributed by atoms with van der Waals surface area (Å²) in [5.74, 6) is 1.84. The number of fused-ring (bicyclic) bond motifs is 1. The minimum atomic E-state index is -1.28. The van der Waals surface area contributed by atoms with Crippen molar-refractivity contribution >= 4 is 32.9 Å². The Hall–Kier alpha value is -2.14. The summed E-state index contributed by atoms with van der Waals surface area (Å²) in [6, 6.07) is 5.45. The predicted molar refractivity (Wildman–Crippen MR) is 111 cm³/mol. The van der Waals surface area contributed by atoms with Crippen LogP contribution in [0.1, 0.15) is 24.2 Å². The lowest BCUT2D eigenvalue weighted by Crippen LogP contribution is -2.31. The summed E-state index contributed by atoms with van der Waals surface area (Å²) in [4.78, 5) is 22.8. The Bertz CT molecular complexity index is 1120. The van der Waals surface area contributed by atoms with Crippen molar-refractivity contribution in [3.8, 4) is 11.5 Å². The number of rotatable bonds is 7. The molecular formula is C19H21N3O5S2. The van der Waals surface area contributed by atoms with E-state index in [-0.39, 0.29) is 17.6 Å². The zero-order valence-corrected chi connectivity index (χ0v) is 18.2. The van der Waals surface area contributed by atoms with Gasteiger partial charge in [-0.2, -0.15) is 4.98 Å². The fourth-order valence-electron chi connectivity index (χ4n) is 3.29. The van der Waals surface area contributed by atoms with Crippen LogP contribution in [0.25, 0.3) is 10.3 Å². The summed E-state index contributed by atoms with van der Waals surface area (Å²) in [5, 5.41) is 0. The standard InChI is InChI=1S/C19H21N3O5S2/c1-25-12-6-5-11(13(9-12)26-2)10-22-16(23)14-15(28-18(20-14)29(4)24)21-17(22)19(27-3)7-8-19/h5-6,9H,7-8,10H2,1-4H3. The highest BCUT2D eigenvalue weighted by Crippen LogP contribution is 2.48. The van der Waals surface area contributed by atoms with Crippen LogP contribution in [0.3, 0.4) is 0 Å². The van der Waals surface area contributed by atoms with Gasteiger partial charge in [0.05, 0.1) is 20.8 Å². The number of thiazole rings is 1. The van der Waals surface area contributed by atoms with E-state index in [2.05, 4.69) is 4.98 Å². The fourth-order valence-corrected chi connectivity index (χ4v) is 4.88. The van der Waals surface area contributed by atoms with Crippen molar-refractivity contribution in [2.75, 3.05) is 27.6 Å². The van der Waals surface area contributed by atoms with Crippen molar-refractivity contribution in [1.29, 1.82) is 0 Å². The molecule has 1 saturated carbocycles. The summed E-state index contributed by atoms with van der Waals surface area (Å²) < 4.78 is 30.3. The highest BCUT2D eigenvalue weighted by molar-refractivity contribution is 7.92. The van der Waals surface area contributed by atoms with Crippen LogP contribution in [0, 0.1) is 0 Å². The van der Waals surface area contributed by atoms with Gasteiger partial charge in [-0.15, -0.1) is 0 Å². The topological polar surface area (TPSA) is 98.5 Å². The van der Waals surface area contributed by atoms with Gasteiger partial charge in [0, 0.05) is 29.9 Å². The van der Waals surface area contributed by atoms with Gasteiger partial charge >= 0.3 is 4.34 Å². The van der Waals surface area contributed by atoms with Gasteiger partial charge in [-0.1, -0.05) is 0 Å². The minimum absolute atomic E-state index is 0.225. The lowest BCUT2D eigenvalue weighted by atomic mass is 10.1. The van der Waals surface area contributed by atoms with Gasteiger partial charge in [0.25, 0.3) is 5.56 Å². The summed E-state index contributed by atoms with van der Waals surface area (Å²) in [6.07, 6.45) is 3.11. The Morgan fingerprint density at radius 1 is 1.24 bits per heavy atom. The Morgan fingerprint density at radius 2 is 2.00 bits per heavy atom. The first-order valence-corrected chi connectivity index (χ1v) is 11.3. The van der Waals surface area contributed by atoms with Crippen LogP contribution in [-0.4, -0.2) is 46.7 Å². The number of ether oxygens (including phenoxy) is 3. The maximum atomic E-state index is 13.3. The number of benzene rings is 1. The summed E-state index contributed by atoms with van der Waals surface area (Å²) in [7, 11) is 4.78. The van der Waals surface area contributed by atoms with Crippen molar-refractivity contribution in [2.24, 2.45) is 0 Å². The van der Waals surface area contributed by atoms with E-state index in [0.29, 0.717) is 26.5 Å². The first kappa shape index (κ1) is 20.1. The molecule has 3 aromatic rings. The van der Waals surface area contributed by atoms with Gasteiger partial charge in [-0.25, -0.2) is 4.98 Å². The largest absolute Gasteiger partial charge is 0.610 e. The van der Waals surface area contributed by atoms with Crippen LogP contribution in [-0.2, 0) is 28.1 Å². The first-order chi connectivity index (χ1) is 13.9. The Balaban J connectivity index is 1.90. The molecule has 4 rings (SSSR count). The molecular weight excluding hydrogens is 414 g/mol. The van der Waals surface area contributed by atoms with Crippen molar-refractivity contribution < 1.29 is 18.8 Å². The van der Waals surface area contributed by atoms with Crippen molar-refractivity contribution in [3.05, 3.63) is 39.9 Å². The predicted octanol–water partition coefficient (Wildman–Crippen LogP) is 2.29. The lowest BCUT2D eigenvalue weighted by molar-refractivity contribution is 0.0672. The van der Waals surface area contributed by atoms with Gasteiger partial charge < -0.3 is 18.8 Å². The van der Waals surface area contributed by atoms with E-state index in [9.17, 15) is 9.35 Å². The molecule has 10 heteroatoms. The molecule has 0 saturated heterocycles. The van der Waals surface area contributed by atoms with E-state index in [0.717, 1.165) is 18.4 Å². The maximum absolute atomic E-state index is 13.3. The normalized spacial score (nSPS) is 16.0. The molecule has 1 aliphatic carbocycles. The molecule has 154 valence electrons. The van der Waals surface area contributed by atoms with Crippen LogP contribution < -0.4 is 15.0 Å². The second kappa shape index (κ2) is 7.60. The van der Waals surface area contributed by atoms with Gasteiger partial charge in [0.15, 0.2) is 10.3 Å². The second-order valence-electron chi connectivity index (χ2n) is 6.79. The molecule has 1 unspecified atom stereocenters. The average molecular weight is 436 g/mol. The van der Waals surface area contributed by atoms with E-state index in [1.165, 1.54) is 17.6 Å². The molecule has 0 amide bonds. The molecule has 0 bridgehead atoms. The van der Waals surface area contributed by atoms with Crippen molar-refractivity contribution in [2.45, 2.75) is 29.3 Å². The number of nitrogens with zero attached hydrogens (tertiary/aromatic N) is 3. The SMILES string of the molecule is COc1ccc(Cn2c(C3(OC)CC3)nc3sc([S+](C)[O-])nc3c2=O)c(OC)c1. The van der Waals surface area contributed by atoms with Crippen LogP contribution in [0.15, 0.2) is 27.3 Å². The number of hydrogen-bond donors (Lipinski definition) is 0. The average Bonchev–Trinajstić information content (AvgIpc) is 3.40. The molecule has 0 aliphatic heterocycles. The Kier molecular flexibility index (Phi) is 5.28. The van der Waals surface area contributed by atoms with Crippen molar-refractivity contribution in [3.63, 3.8) is 0 Å². The number of aromatic nitrogens is 3. The van der Waals surface area contributed by atoms with E-state index in [4.69, 9.17) is 19.2 Å². The molecule has 2 aromatic heterocycles. The molecule has 8 nitrogen and oxygen atoms in total. The van der Waals surface area contributed by atoms with Gasteiger partial charge in [-0.3, -0.25) is 9.36 Å². The third-order valence-electron chi connectivity index (χ3n) is 5.07. The fraction of sp³-hybridized carbons (Fsp3) is 0.421. The number of hydrogen-bond acceptors (Lipinski definition) is 8. The Labute approximate surface area is 174 Å². The van der Waals surface area contributed by atoms with E-state index in [1.807, 2.05) is 12.1 Å². The lowest BCUT2D eigenvalue weighted by Gasteiger charge is -2.19. The van der Waals surface area contributed by atoms with E-state index in [1.54, 1.807) is 32.0 Å². The summed E-state index contributed by atoms with van der Waals surface area (Å²) >= 11 is -0.0999. The minimum Gasteiger partial charge on any atom is -0.610 e. The molecule has 1 aliphatic rings. The van der Waals surface area contributed by atoms with Crippen LogP contribution in [0.5, 0.6) is 11.5 Å². The van der Waals surface area contributed by atoms with Crippen LogP contribution >= 0.6 is 11.3 Å². The molecule has 2 heterocycles. The zero-order valence-electron chi connectivity index (χ0n) is 16.6. The van der Waals surface area contributed by atoms with E-state index < -0.39 is 16.8 Å². The molecule has 0 radical (unpaired) electrons. The molecule has 1 fully saturated rings. The van der Waals surface area contributed by atoms with Crippen LogP contribution in [0.4, 0.5) is 0 Å². The first-order valence-electron chi connectivity index (χ1n) is 8.94. The number of methoxy groups -OCH3 is 3. The zero-order chi connectivity index (χ0) is 20.8. The summed E-state index contributed by atoms with van der Waals surface area (Å²) in [5.41, 5.74) is 0.171. The smallest absolute Gasteiger partial charge is 0.304 e. The molecule has 0 spiro atoms. The monoisotopic (exact) mass is 435 g/mol. The molecule has 29 heavy (non-hydrogen) atoms.